The molecule has 0 unspecified atom stereocenters. The van der Waals surface area contributed by atoms with E-state index in [2.05, 4.69) is 4.98 Å². The van der Waals surface area contributed by atoms with Gasteiger partial charge >= 0.3 is 0 Å². The van der Waals surface area contributed by atoms with Crippen molar-refractivity contribution in [3.63, 3.8) is 0 Å². The van der Waals surface area contributed by atoms with Crippen LogP contribution in [0.15, 0.2) is 40.6 Å². The number of pyridine rings is 1. The molecule has 4 heteroatoms. The molecule has 1 N–H and O–H groups in total. The van der Waals surface area contributed by atoms with E-state index in [4.69, 9.17) is 9.52 Å². The number of carbonyl (C=O) groups is 1. The van der Waals surface area contributed by atoms with Crippen LogP contribution < -0.4 is 0 Å². The SMILES string of the molecule is C[C@H]1C(=Cc2ccc(CO)o2)C(=O)c2ccncc21. The first-order valence-corrected chi connectivity index (χ1v) is 6.10. The molecule has 0 radical (unpaired) electrons. The van der Waals surface area contributed by atoms with E-state index in [0.29, 0.717) is 22.7 Å². The minimum atomic E-state index is -0.142. The Morgan fingerprint density at radius 1 is 1.42 bits per heavy atom. The van der Waals surface area contributed by atoms with Gasteiger partial charge in [0.15, 0.2) is 5.78 Å². The van der Waals surface area contributed by atoms with Gasteiger partial charge in [0.1, 0.15) is 18.1 Å². The van der Waals surface area contributed by atoms with Gasteiger partial charge < -0.3 is 9.52 Å². The molecule has 2 heterocycles. The van der Waals surface area contributed by atoms with Crippen LogP contribution in [0.1, 0.15) is 40.3 Å². The van der Waals surface area contributed by atoms with Crippen LogP contribution in [0, 0.1) is 0 Å². The second-order valence-corrected chi connectivity index (χ2v) is 4.58. The monoisotopic (exact) mass is 255 g/mol. The van der Waals surface area contributed by atoms with E-state index in [1.807, 2.05) is 6.92 Å². The maximum absolute atomic E-state index is 12.3. The predicted molar refractivity (Wildman–Crippen MR) is 69.6 cm³/mol. The third kappa shape index (κ3) is 1.90. The van der Waals surface area contributed by atoms with Crippen molar-refractivity contribution >= 4 is 11.9 Å². The van der Waals surface area contributed by atoms with Gasteiger partial charge in [-0.2, -0.15) is 0 Å². The number of Topliss-reactive ketones (excluding diaryl/α,β-unsaturated/α-hetero) is 1. The topological polar surface area (TPSA) is 63.3 Å². The van der Waals surface area contributed by atoms with Gasteiger partial charge in [0, 0.05) is 29.4 Å². The number of aromatic nitrogens is 1. The molecule has 96 valence electrons. The van der Waals surface area contributed by atoms with Crippen molar-refractivity contribution in [1.82, 2.24) is 4.98 Å². The highest BCUT2D eigenvalue weighted by molar-refractivity contribution is 6.16. The van der Waals surface area contributed by atoms with Crippen LogP contribution >= 0.6 is 0 Å². The standard InChI is InChI=1S/C15H13NO3/c1-9-13(6-10-2-3-11(8-17)19-10)15(18)12-4-5-16-7-14(9)12/h2-7,9,17H,8H2,1H3/t9-/m0/s1. The number of nitrogens with zero attached hydrogens (tertiary/aromatic N) is 1. The second-order valence-electron chi connectivity index (χ2n) is 4.58. The molecule has 1 aliphatic carbocycles. The van der Waals surface area contributed by atoms with Crippen LogP contribution in [-0.4, -0.2) is 15.9 Å². The van der Waals surface area contributed by atoms with Crippen molar-refractivity contribution < 1.29 is 14.3 Å². The Kier molecular flexibility index (Phi) is 2.80. The zero-order valence-electron chi connectivity index (χ0n) is 10.5. The van der Waals surface area contributed by atoms with Crippen LogP contribution in [0.2, 0.25) is 0 Å². The molecule has 19 heavy (non-hydrogen) atoms. The highest BCUT2D eigenvalue weighted by Gasteiger charge is 2.31. The molecule has 4 nitrogen and oxygen atoms in total. The summed E-state index contributed by atoms with van der Waals surface area (Å²) >= 11 is 0. The van der Waals surface area contributed by atoms with E-state index in [0.717, 1.165) is 5.56 Å². The summed E-state index contributed by atoms with van der Waals surface area (Å²) in [7, 11) is 0. The highest BCUT2D eigenvalue weighted by atomic mass is 16.4. The summed E-state index contributed by atoms with van der Waals surface area (Å²) in [6, 6.07) is 5.20. The number of hydrogen-bond donors (Lipinski definition) is 1. The molecule has 1 aliphatic rings. The summed E-state index contributed by atoms with van der Waals surface area (Å²) in [4.78, 5) is 16.4. The highest BCUT2D eigenvalue weighted by Crippen LogP contribution is 2.37. The van der Waals surface area contributed by atoms with Gasteiger partial charge in [-0.15, -0.1) is 0 Å². The molecule has 1 atom stereocenters. The molecule has 0 spiro atoms. The number of hydrogen-bond acceptors (Lipinski definition) is 4. The molecule has 0 aliphatic heterocycles. The number of ketones is 1. The summed E-state index contributed by atoms with van der Waals surface area (Å²) in [6.45, 7) is 1.84. The zero-order valence-corrected chi connectivity index (χ0v) is 10.5. The first-order valence-electron chi connectivity index (χ1n) is 6.10. The Morgan fingerprint density at radius 2 is 2.26 bits per heavy atom. The van der Waals surface area contributed by atoms with Gasteiger partial charge in [0.05, 0.1) is 0 Å². The number of rotatable bonds is 2. The van der Waals surface area contributed by atoms with Crippen molar-refractivity contribution in [2.45, 2.75) is 19.4 Å². The lowest BCUT2D eigenvalue weighted by atomic mass is 10.0. The summed E-state index contributed by atoms with van der Waals surface area (Å²) in [5, 5.41) is 8.97. The van der Waals surface area contributed by atoms with E-state index in [9.17, 15) is 4.79 Å². The van der Waals surface area contributed by atoms with Gasteiger partial charge in [-0.25, -0.2) is 0 Å². The van der Waals surface area contributed by atoms with E-state index in [-0.39, 0.29) is 18.3 Å². The van der Waals surface area contributed by atoms with Crippen LogP contribution in [0.3, 0.4) is 0 Å². The van der Waals surface area contributed by atoms with E-state index in [1.54, 1.807) is 36.7 Å². The van der Waals surface area contributed by atoms with Gasteiger partial charge in [0.2, 0.25) is 0 Å². The fourth-order valence-corrected chi connectivity index (χ4v) is 2.38. The van der Waals surface area contributed by atoms with Crippen molar-refractivity contribution in [2.24, 2.45) is 0 Å². The van der Waals surface area contributed by atoms with Crippen molar-refractivity contribution in [3.8, 4) is 0 Å². The minimum absolute atomic E-state index is 0.0128. The molecule has 0 bridgehead atoms. The van der Waals surface area contributed by atoms with Crippen LogP contribution in [0.25, 0.3) is 6.08 Å². The van der Waals surface area contributed by atoms with Gasteiger partial charge in [-0.05, 0) is 29.8 Å². The smallest absolute Gasteiger partial charge is 0.190 e. The zero-order chi connectivity index (χ0) is 13.4. The normalized spacial score (nSPS) is 20.0. The molecular weight excluding hydrogens is 242 g/mol. The minimum Gasteiger partial charge on any atom is -0.459 e. The molecule has 3 rings (SSSR count). The molecule has 0 fully saturated rings. The lowest BCUT2D eigenvalue weighted by molar-refractivity contribution is 0.103. The summed E-state index contributed by atoms with van der Waals surface area (Å²) < 4.78 is 5.40. The molecule has 0 amide bonds. The second kappa shape index (κ2) is 4.48. The lowest BCUT2D eigenvalue weighted by Crippen LogP contribution is -1.96. The summed E-state index contributed by atoms with van der Waals surface area (Å²) in [6.07, 6.45) is 5.11. The van der Waals surface area contributed by atoms with Gasteiger partial charge in [-0.1, -0.05) is 6.92 Å². The predicted octanol–water partition coefficient (Wildman–Crippen LogP) is 2.55. The largest absolute Gasteiger partial charge is 0.459 e. The van der Waals surface area contributed by atoms with E-state index in [1.165, 1.54) is 0 Å². The molecular formula is C15H13NO3. The Bertz CT molecular complexity index is 670. The fourth-order valence-electron chi connectivity index (χ4n) is 2.38. The first kappa shape index (κ1) is 11.9. The lowest BCUT2D eigenvalue weighted by Gasteiger charge is -2.03. The van der Waals surface area contributed by atoms with Crippen LogP contribution in [0.5, 0.6) is 0 Å². The van der Waals surface area contributed by atoms with Crippen molar-refractivity contribution in [2.75, 3.05) is 0 Å². The molecule has 2 aromatic heterocycles. The maximum Gasteiger partial charge on any atom is 0.190 e. The Hall–Kier alpha value is -2.20. The Balaban J connectivity index is 2.01. The number of aliphatic hydroxyl groups excluding tert-OH is 1. The molecule has 0 saturated carbocycles. The quantitative estimate of drug-likeness (QED) is 0.838. The number of allylic oxidation sites excluding steroid dienone is 1. The van der Waals surface area contributed by atoms with E-state index >= 15 is 0 Å². The van der Waals surface area contributed by atoms with Crippen molar-refractivity contribution in [3.05, 3.63) is 58.8 Å². The Labute approximate surface area is 110 Å². The molecule has 0 saturated heterocycles. The third-order valence-corrected chi connectivity index (χ3v) is 3.43. The fraction of sp³-hybridized carbons (Fsp3) is 0.200. The number of carbonyl (C=O) groups excluding carboxylic acids is 1. The third-order valence-electron chi connectivity index (χ3n) is 3.43. The summed E-state index contributed by atoms with van der Waals surface area (Å²) in [5.41, 5.74) is 2.36. The van der Waals surface area contributed by atoms with Gasteiger partial charge in [0.25, 0.3) is 0 Å². The number of furan rings is 1. The van der Waals surface area contributed by atoms with Crippen LogP contribution in [-0.2, 0) is 6.61 Å². The first-order chi connectivity index (χ1) is 9.20. The van der Waals surface area contributed by atoms with Crippen molar-refractivity contribution in [1.29, 1.82) is 0 Å². The molecule has 0 aromatic carbocycles. The average Bonchev–Trinajstić information content (AvgIpc) is 2.99. The van der Waals surface area contributed by atoms with Gasteiger partial charge in [-0.3, -0.25) is 9.78 Å². The van der Waals surface area contributed by atoms with Crippen LogP contribution in [0.4, 0.5) is 0 Å². The summed E-state index contributed by atoms with van der Waals surface area (Å²) in [5.74, 6) is 1.11. The Morgan fingerprint density at radius 3 is 2.95 bits per heavy atom. The maximum atomic E-state index is 12.3. The average molecular weight is 255 g/mol. The van der Waals surface area contributed by atoms with E-state index < -0.39 is 0 Å². The molecule has 2 aromatic rings. The number of fused-ring (bicyclic) bond motifs is 1. The number of aliphatic hydroxyl groups is 1.